The molecule has 0 spiro atoms. The van der Waals surface area contributed by atoms with E-state index in [1.54, 1.807) is 6.07 Å². The molecule has 0 amide bonds. The number of nitrogens with two attached hydrogens (primary N) is 1. The summed E-state index contributed by atoms with van der Waals surface area (Å²) in [5.41, 5.74) is 6.44. The third kappa shape index (κ3) is 2.62. The molecule has 0 unspecified atom stereocenters. The monoisotopic (exact) mass is 249 g/mol. The molecule has 18 heavy (non-hydrogen) atoms. The Bertz CT molecular complexity index is 514. The molecule has 2 aromatic heterocycles. The molecule has 7 nitrogen and oxygen atoms in total. The van der Waals surface area contributed by atoms with Crippen molar-refractivity contribution in [3.8, 4) is 17.4 Å². The number of aromatic nitrogens is 4. The lowest BCUT2D eigenvalue weighted by atomic mass is 10.2. The number of ether oxygens (including phenoxy) is 1. The van der Waals surface area contributed by atoms with E-state index in [1.807, 2.05) is 6.92 Å². The van der Waals surface area contributed by atoms with Crippen LogP contribution in [0.25, 0.3) is 11.5 Å². The molecular formula is C11H15N5O2. The summed E-state index contributed by atoms with van der Waals surface area (Å²) in [6.07, 6.45) is 3.14. The van der Waals surface area contributed by atoms with Crippen LogP contribution in [-0.2, 0) is 0 Å². The molecule has 0 bridgehead atoms. The van der Waals surface area contributed by atoms with Crippen molar-refractivity contribution in [1.82, 2.24) is 20.1 Å². The molecule has 0 aromatic carbocycles. The number of hydrogen-bond donors (Lipinski definition) is 1. The van der Waals surface area contributed by atoms with E-state index < -0.39 is 0 Å². The summed E-state index contributed by atoms with van der Waals surface area (Å²) in [5.74, 6) is 1.26. The molecule has 0 fully saturated rings. The average molecular weight is 249 g/mol. The average Bonchev–Trinajstić information content (AvgIpc) is 2.89. The molecule has 0 saturated heterocycles. The topological polar surface area (TPSA) is 100.0 Å². The summed E-state index contributed by atoms with van der Waals surface area (Å²) in [5, 5.41) is 3.85. The van der Waals surface area contributed by atoms with Crippen molar-refractivity contribution in [2.75, 3.05) is 7.11 Å². The van der Waals surface area contributed by atoms with Crippen LogP contribution in [0.1, 0.15) is 31.7 Å². The van der Waals surface area contributed by atoms with Crippen molar-refractivity contribution in [2.45, 2.75) is 25.8 Å². The van der Waals surface area contributed by atoms with Crippen molar-refractivity contribution in [3.05, 3.63) is 18.3 Å². The highest BCUT2D eigenvalue weighted by atomic mass is 16.5. The molecule has 2 N–H and O–H groups in total. The maximum Gasteiger partial charge on any atom is 0.243 e. The Morgan fingerprint density at radius 3 is 3.00 bits per heavy atom. The van der Waals surface area contributed by atoms with E-state index in [0.717, 1.165) is 12.8 Å². The number of hydrogen-bond acceptors (Lipinski definition) is 7. The van der Waals surface area contributed by atoms with Gasteiger partial charge in [-0.2, -0.15) is 4.98 Å². The summed E-state index contributed by atoms with van der Waals surface area (Å²) >= 11 is 0. The minimum absolute atomic E-state index is 0.236. The van der Waals surface area contributed by atoms with Gasteiger partial charge < -0.3 is 15.0 Å². The van der Waals surface area contributed by atoms with Crippen molar-refractivity contribution in [2.24, 2.45) is 5.73 Å². The Hall–Kier alpha value is -2.02. The Morgan fingerprint density at radius 2 is 2.28 bits per heavy atom. The van der Waals surface area contributed by atoms with Crippen LogP contribution < -0.4 is 10.5 Å². The fraction of sp³-hybridized carbons (Fsp3) is 0.455. The molecule has 0 saturated carbocycles. The van der Waals surface area contributed by atoms with Crippen LogP contribution in [0.3, 0.4) is 0 Å². The van der Waals surface area contributed by atoms with Gasteiger partial charge in [0, 0.05) is 6.07 Å². The maximum atomic E-state index is 5.90. The lowest BCUT2D eigenvalue weighted by molar-refractivity contribution is 0.348. The number of rotatable bonds is 5. The van der Waals surface area contributed by atoms with E-state index in [-0.39, 0.29) is 6.04 Å². The Labute approximate surface area is 104 Å². The van der Waals surface area contributed by atoms with Gasteiger partial charge in [0.15, 0.2) is 0 Å². The molecule has 2 rings (SSSR count). The maximum absolute atomic E-state index is 5.90. The minimum Gasteiger partial charge on any atom is -0.481 e. The summed E-state index contributed by atoms with van der Waals surface area (Å²) in [4.78, 5) is 12.2. The largest absolute Gasteiger partial charge is 0.481 e. The Kier molecular flexibility index (Phi) is 3.83. The third-order valence-electron chi connectivity index (χ3n) is 2.44. The van der Waals surface area contributed by atoms with Gasteiger partial charge in [0.1, 0.15) is 12.0 Å². The zero-order chi connectivity index (χ0) is 13.0. The highest BCUT2D eigenvalue weighted by Crippen LogP contribution is 2.19. The quantitative estimate of drug-likeness (QED) is 0.853. The first kappa shape index (κ1) is 12.4. The van der Waals surface area contributed by atoms with Gasteiger partial charge in [0.2, 0.25) is 17.6 Å². The molecule has 1 atom stereocenters. The molecule has 96 valence electrons. The van der Waals surface area contributed by atoms with Gasteiger partial charge in [-0.15, -0.1) is 0 Å². The molecule has 0 aliphatic heterocycles. The zero-order valence-corrected chi connectivity index (χ0v) is 10.3. The standard InChI is InChI=1S/C11H15N5O2/c1-3-4-7(12)11-15-10(16-18-11)8-5-9(17-2)14-6-13-8/h5-7H,3-4,12H2,1-2H3/t7-/m1/s1. The molecule has 0 radical (unpaired) electrons. The second kappa shape index (κ2) is 5.54. The summed E-state index contributed by atoms with van der Waals surface area (Å²) in [6, 6.07) is 1.40. The number of nitrogens with zero attached hydrogens (tertiary/aromatic N) is 4. The summed E-state index contributed by atoms with van der Waals surface area (Å²) in [7, 11) is 1.53. The summed E-state index contributed by atoms with van der Waals surface area (Å²) in [6.45, 7) is 2.05. The lowest BCUT2D eigenvalue weighted by Crippen LogP contribution is -2.09. The van der Waals surface area contributed by atoms with Crippen LogP contribution in [0.4, 0.5) is 0 Å². The fourth-order valence-electron chi connectivity index (χ4n) is 1.50. The fourth-order valence-corrected chi connectivity index (χ4v) is 1.50. The van der Waals surface area contributed by atoms with Crippen molar-refractivity contribution >= 4 is 0 Å². The molecule has 0 aliphatic rings. The molecule has 2 aromatic rings. The van der Waals surface area contributed by atoms with Crippen LogP contribution in [0, 0.1) is 0 Å². The van der Waals surface area contributed by atoms with E-state index in [2.05, 4.69) is 20.1 Å². The predicted molar refractivity (Wildman–Crippen MR) is 63.7 cm³/mol. The SMILES string of the molecule is CCC[C@@H](N)c1nc(-c2cc(OC)ncn2)no1. The van der Waals surface area contributed by atoms with Gasteiger partial charge in [0.25, 0.3) is 0 Å². The van der Waals surface area contributed by atoms with Crippen molar-refractivity contribution in [3.63, 3.8) is 0 Å². The van der Waals surface area contributed by atoms with Gasteiger partial charge in [-0.05, 0) is 6.42 Å². The van der Waals surface area contributed by atoms with Gasteiger partial charge in [-0.25, -0.2) is 9.97 Å². The summed E-state index contributed by atoms with van der Waals surface area (Å²) < 4.78 is 10.1. The predicted octanol–water partition coefficient (Wildman–Crippen LogP) is 1.34. The van der Waals surface area contributed by atoms with Gasteiger partial charge in [-0.1, -0.05) is 18.5 Å². The van der Waals surface area contributed by atoms with Crippen LogP contribution in [-0.4, -0.2) is 27.2 Å². The first-order chi connectivity index (χ1) is 8.74. The van der Waals surface area contributed by atoms with E-state index >= 15 is 0 Å². The van der Waals surface area contributed by atoms with Crippen LogP contribution in [0.2, 0.25) is 0 Å². The van der Waals surface area contributed by atoms with Crippen molar-refractivity contribution < 1.29 is 9.26 Å². The van der Waals surface area contributed by atoms with Crippen LogP contribution in [0.15, 0.2) is 16.9 Å². The Morgan fingerprint density at radius 1 is 1.44 bits per heavy atom. The van der Waals surface area contributed by atoms with Gasteiger partial charge in [0.05, 0.1) is 13.2 Å². The smallest absolute Gasteiger partial charge is 0.243 e. The zero-order valence-electron chi connectivity index (χ0n) is 10.3. The second-order valence-corrected chi connectivity index (χ2v) is 3.80. The molecular weight excluding hydrogens is 234 g/mol. The highest BCUT2D eigenvalue weighted by molar-refractivity contribution is 5.49. The molecule has 2 heterocycles. The lowest BCUT2D eigenvalue weighted by Gasteiger charge is -2.02. The van der Waals surface area contributed by atoms with Crippen LogP contribution in [0.5, 0.6) is 5.88 Å². The Balaban J connectivity index is 2.23. The van der Waals surface area contributed by atoms with Crippen LogP contribution >= 0.6 is 0 Å². The highest BCUT2D eigenvalue weighted by Gasteiger charge is 2.16. The first-order valence-electron chi connectivity index (χ1n) is 5.70. The normalized spacial score (nSPS) is 12.4. The molecule has 0 aliphatic carbocycles. The number of methoxy groups -OCH3 is 1. The van der Waals surface area contributed by atoms with E-state index in [1.165, 1.54) is 13.4 Å². The van der Waals surface area contributed by atoms with Crippen molar-refractivity contribution in [1.29, 1.82) is 0 Å². The third-order valence-corrected chi connectivity index (χ3v) is 2.44. The van der Waals surface area contributed by atoms with Gasteiger partial charge >= 0.3 is 0 Å². The van der Waals surface area contributed by atoms with E-state index in [9.17, 15) is 0 Å². The second-order valence-electron chi connectivity index (χ2n) is 3.80. The van der Waals surface area contributed by atoms with E-state index in [4.69, 9.17) is 15.0 Å². The molecule has 7 heteroatoms. The first-order valence-corrected chi connectivity index (χ1v) is 5.70. The van der Waals surface area contributed by atoms with E-state index in [0.29, 0.717) is 23.3 Å². The minimum atomic E-state index is -0.236. The van der Waals surface area contributed by atoms with Gasteiger partial charge in [-0.3, -0.25) is 0 Å².